The van der Waals surface area contributed by atoms with Crippen LogP contribution < -0.4 is 15.4 Å². The van der Waals surface area contributed by atoms with Gasteiger partial charge in [-0.15, -0.1) is 0 Å². The molecule has 1 amide bonds. The first-order valence-electron chi connectivity index (χ1n) is 8.56. The van der Waals surface area contributed by atoms with Crippen LogP contribution in [0.25, 0.3) is 0 Å². The standard InChI is InChI=1S/C20H21BrN2O3S/c1-3-4-11-26-18-10-7-15(12-17(18)21)19(25)23-20(27)22-16-8-5-14(6-9-16)13(2)24/h5-10,12H,3-4,11H2,1-2H3,(H2,22,23,25,27). The molecule has 0 aromatic heterocycles. The largest absolute Gasteiger partial charge is 0.492 e. The summed E-state index contributed by atoms with van der Waals surface area (Å²) in [4.78, 5) is 23.7. The number of amides is 1. The van der Waals surface area contributed by atoms with Crippen molar-refractivity contribution in [3.63, 3.8) is 0 Å². The number of carbonyl (C=O) groups is 2. The molecule has 0 spiro atoms. The van der Waals surface area contributed by atoms with Gasteiger partial charge < -0.3 is 10.1 Å². The molecule has 0 aliphatic rings. The molecule has 0 bridgehead atoms. The van der Waals surface area contributed by atoms with Gasteiger partial charge in [-0.25, -0.2) is 0 Å². The fourth-order valence-corrected chi connectivity index (χ4v) is 2.92. The van der Waals surface area contributed by atoms with Crippen molar-refractivity contribution in [2.75, 3.05) is 11.9 Å². The number of thiocarbonyl (C=S) groups is 1. The molecule has 0 atom stereocenters. The van der Waals surface area contributed by atoms with E-state index in [2.05, 4.69) is 33.5 Å². The van der Waals surface area contributed by atoms with Gasteiger partial charge in [-0.3, -0.25) is 14.9 Å². The lowest BCUT2D eigenvalue weighted by Crippen LogP contribution is -2.34. The van der Waals surface area contributed by atoms with Crippen LogP contribution in [0.5, 0.6) is 5.75 Å². The SMILES string of the molecule is CCCCOc1ccc(C(=O)NC(=S)Nc2ccc(C(C)=O)cc2)cc1Br. The van der Waals surface area contributed by atoms with Crippen LogP contribution in [0.1, 0.15) is 47.4 Å². The molecule has 2 rings (SSSR count). The molecule has 0 fully saturated rings. The molecule has 0 aliphatic heterocycles. The number of ether oxygens (including phenoxy) is 1. The van der Waals surface area contributed by atoms with Crippen molar-refractivity contribution in [1.29, 1.82) is 0 Å². The van der Waals surface area contributed by atoms with E-state index in [1.165, 1.54) is 6.92 Å². The summed E-state index contributed by atoms with van der Waals surface area (Å²) >= 11 is 8.60. The molecule has 2 N–H and O–H groups in total. The lowest BCUT2D eigenvalue weighted by molar-refractivity contribution is 0.0976. The summed E-state index contributed by atoms with van der Waals surface area (Å²) in [6, 6.07) is 12.0. The number of rotatable bonds is 7. The Balaban J connectivity index is 1.94. The summed E-state index contributed by atoms with van der Waals surface area (Å²) in [5.41, 5.74) is 1.76. The van der Waals surface area contributed by atoms with E-state index in [-0.39, 0.29) is 16.8 Å². The molecule has 0 heterocycles. The third-order valence-electron chi connectivity index (χ3n) is 3.73. The number of nitrogens with one attached hydrogen (secondary N) is 2. The van der Waals surface area contributed by atoms with Crippen LogP contribution in [0.2, 0.25) is 0 Å². The summed E-state index contributed by atoms with van der Waals surface area (Å²) in [6.45, 7) is 4.24. The Morgan fingerprint density at radius 1 is 1.11 bits per heavy atom. The summed E-state index contributed by atoms with van der Waals surface area (Å²) < 4.78 is 6.37. The van der Waals surface area contributed by atoms with Gasteiger partial charge in [-0.05, 0) is 84.0 Å². The van der Waals surface area contributed by atoms with Gasteiger partial charge in [0.1, 0.15) is 5.75 Å². The van der Waals surface area contributed by atoms with Crippen molar-refractivity contribution in [1.82, 2.24) is 5.32 Å². The van der Waals surface area contributed by atoms with Crippen molar-refractivity contribution in [2.45, 2.75) is 26.7 Å². The monoisotopic (exact) mass is 448 g/mol. The molecule has 27 heavy (non-hydrogen) atoms. The fourth-order valence-electron chi connectivity index (χ4n) is 2.21. The summed E-state index contributed by atoms with van der Waals surface area (Å²) in [5.74, 6) is 0.366. The molecule has 0 saturated heterocycles. The molecule has 7 heteroatoms. The molecular weight excluding hydrogens is 428 g/mol. The van der Waals surface area contributed by atoms with Gasteiger partial charge in [0.05, 0.1) is 11.1 Å². The van der Waals surface area contributed by atoms with Crippen LogP contribution in [-0.2, 0) is 0 Å². The molecule has 2 aromatic carbocycles. The predicted molar refractivity (Wildman–Crippen MR) is 115 cm³/mol. The van der Waals surface area contributed by atoms with Crippen molar-refractivity contribution in [2.24, 2.45) is 0 Å². The van der Waals surface area contributed by atoms with E-state index in [4.69, 9.17) is 17.0 Å². The zero-order valence-electron chi connectivity index (χ0n) is 15.2. The maximum atomic E-state index is 12.4. The van der Waals surface area contributed by atoms with E-state index in [0.29, 0.717) is 33.6 Å². The van der Waals surface area contributed by atoms with Crippen LogP contribution in [0.15, 0.2) is 46.9 Å². The highest BCUT2D eigenvalue weighted by Gasteiger charge is 2.11. The van der Waals surface area contributed by atoms with Crippen molar-refractivity contribution >= 4 is 50.6 Å². The zero-order chi connectivity index (χ0) is 19.8. The summed E-state index contributed by atoms with van der Waals surface area (Å²) in [6.07, 6.45) is 2.03. The first-order valence-corrected chi connectivity index (χ1v) is 9.76. The Morgan fingerprint density at radius 2 is 1.78 bits per heavy atom. The first kappa shape index (κ1) is 21.1. The number of halogens is 1. The Morgan fingerprint density at radius 3 is 2.37 bits per heavy atom. The lowest BCUT2D eigenvalue weighted by Gasteiger charge is -2.11. The van der Waals surface area contributed by atoms with Crippen molar-refractivity contribution in [3.8, 4) is 5.75 Å². The molecule has 0 radical (unpaired) electrons. The van der Waals surface area contributed by atoms with Gasteiger partial charge in [0.25, 0.3) is 5.91 Å². The number of hydrogen-bond acceptors (Lipinski definition) is 4. The number of benzene rings is 2. The maximum absolute atomic E-state index is 12.4. The van der Waals surface area contributed by atoms with Gasteiger partial charge in [0.2, 0.25) is 0 Å². The van der Waals surface area contributed by atoms with E-state index in [1.54, 1.807) is 42.5 Å². The summed E-state index contributed by atoms with van der Waals surface area (Å²) in [7, 11) is 0. The minimum absolute atomic E-state index is 0.00914. The van der Waals surface area contributed by atoms with E-state index in [0.717, 1.165) is 12.8 Å². The number of hydrogen-bond donors (Lipinski definition) is 2. The lowest BCUT2D eigenvalue weighted by atomic mass is 10.1. The number of unbranched alkanes of at least 4 members (excludes halogenated alkanes) is 1. The average molecular weight is 449 g/mol. The van der Waals surface area contributed by atoms with Gasteiger partial charge in [0.15, 0.2) is 10.9 Å². The smallest absolute Gasteiger partial charge is 0.257 e. The maximum Gasteiger partial charge on any atom is 0.257 e. The van der Waals surface area contributed by atoms with E-state index in [9.17, 15) is 9.59 Å². The Labute approximate surface area is 172 Å². The van der Waals surface area contributed by atoms with E-state index in [1.807, 2.05) is 0 Å². The molecular formula is C20H21BrN2O3S. The first-order chi connectivity index (χ1) is 12.9. The molecule has 5 nitrogen and oxygen atoms in total. The normalized spacial score (nSPS) is 10.2. The van der Waals surface area contributed by atoms with Crippen LogP contribution in [0.4, 0.5) is 5.69 Å². The minimum Gasteiger partial charge on any atom is -0.492 e. The Kier molecular flexibility index (Phi) is 7.94. The minimum atomic E-state index is -0.325. The quantitative estimate of drug-likeness (QED) is 0.356. The van der Waals surface area contributed by atoms with Gasteiger partial charge >= 0.3 is 0 Å². The van der Waals surface area contributed by atoms with Crippen LogP contribution in [0.3, 0.4) is 0 Å². The average Bonchev–Trinajstić information content (AvgIpc) is 2.63. The number of carbonyl (C=O) groups excluding carboxylic acids is 2. The summed E-state index contributed by atoms with van der Waals surface area (Å²) in [5, 5.41) is 5.73. The highest BCUT2D eigenvalue weighted by atomic mass is 79.9. The predicted octanol–water partition coefficient (Wildman–Crippen LogP) is 4.96. The van der Waals surface area contributed by atoms with Crippen molar-refractivity contribution < 1.29 is 14.3 Å². The van der Waals surface area contributed by atoms with E-state index >= 15 is 0 Å². The molecule has 0 saturated carbocycles. The highest BCUT2D eigenvalue weighted by molar-refractivity contribution is 9.10. The van der Waals surface area contributed by atoms with Gasteiger partial charge in [-0.2, -0.15) is 0 Å². The Hall–Kier alpha value is -2.25. The topological polar surface area (TPSA) is 67.4 Å². The van der Waals surface area contributed by atoms with Gasteiger partial charge in [-0.1, -0.05) is 13.3 Å². The highest BCUT2D eigenvalue weighted by Crippen LogP contribution is 2.26. The number of Topliss-reactive ketones (excluding diaryl/α,β-unsaturated/α-hetero) is 1. The molecule has 0 aliphatic carbocycles. The fraction of sp³-hybridized carbons (Fsp3) is 0.250. The van der Waals surface area contributed by atoms with Crippen LogP contribution in [-0.4, -0.2) is 23.4 Å². The Bertz CT molecular complexity index is 838. The number of ketones is 1. The molecule has 142 valence electrons. The second kappa shape index (κ2) is 10.2. The zero-order valence-corrected chi connectivity index (χ0v) is 17.6. The van der Waals surface area contributed by atoms with Crippen molar-refractivity contribution in [3.05, 3.63) is 58.1 Å². The second-order valence-corrected chi connectivity index (χ2v) is 7.15. The third kappa shape index (κ3) is 6.45. The molecule has 2 aromatic rings. The van der Waals surface area contributed by atoms with E-state index < -0.39 is 0 Å². The second-order valence-electron chi connectivity index (χ2n) is 5.89. The van der Waals surface area contributed by atoms with Gasteiger partial charge in [0, 0.05) is 16.8 Å². The number of anilines is 1. The third-order valence-corrected chi connectivity index (χ3v) is 4.55. The van der Waals surface area contributed by atoms with Crippen LogP contribution >= 0.6 is 28.1 Å². The van der Waals surface area contributed by atoms with Crippen LogP contribution in [0, 0.1) is 0 Å². The molecule has 0 unspecified atom stereocenters.